The molecule has 4 heteroatoms. The highest BCUT2D eigenvalue weighted by atomic mass is 79.9. The maximum Gasteiger partial charge on any atom is 0.137 e. The van der Waals surface area contributed by atoms with Crippen LogP contribution in [0.15, 0.2) is 22.7 Å². The Balaban J connectivity index is 2.54. The first-order valence-electron chi connectivity index (χ1n) is 4.92. The van der Waals surface area contributed by atoms with E-state index in [9.17, 15) is 4.39 Å². The summed E-state index contributed by atoms with van der Waals surface area (Å²) in [6.45, 7) is 2.75. The fourth-order valence-corrected chi connectivity index (χ4v) is 1.67. The molecule has 0 amide bonds. The highest BCUT2D eigenvalue weighted by molar-refractivity contribution is 9.10. The number of aliphatic hydroxyl groups excluding tert-OH is 1. The zero-order chi connectivity index (χ0) is 11.3. The Bertz CT molecular complexity index is 319. The van der Waals surface area contributed by atoms with Crippen LogP contribution >= 0.6 is 15.9 Å². The Hall–Kier alpha value is -0.450. The van der Waals surface area contributed by atoms with Crippen molar-refractivity contribution >= 4 is 15.9 Å². The molecular formula is C11H15BrFNO. The van der Waals surface area contributed by atoms with Crippen molar-refractivity contribution in [3.63, 3.8) is 0 Å². The molecule has 2 nitrogen and oxygen atoms in total. The molecule has 0 aromatic heterocycles. The lowest BCUT2D eigenvalue weighted by atomic mass is 10.2. The zero-order valence-electron chi connectivity index (χ0n) is 8.63. The molecule has 0 saturated carbocycles. The summed E-state index contributed by atoms with van der Waals surface area (Å²) in [5.41, 5.74) is 0.889. The van der Waals surface area contributed by atoms with Crippen molar-refractivity contribution in [1.82, 2.24) is 5.32 Å². The molecule has 15 heavy (non-hydrogen) atoms. The molecule has 0 bridgehead atoms. The standard InChI is InChI=1S/C11H15BrFNO/c1-8(5-6-15)14-7-9-3-2-4-10(13)11(9)12/h2-4,8,14-15H,5-7H2,1H3. The van der Waals surface area contributed by atoms with Crippen molar-refractivity contribution < 1.29 is 9.50 Å². The van der Waals surface area contributed by atoms with Crippen LogP contribution in [0.25, 0.3) is 0 Å². The van der Waals surface area contributed by atoms with E-state index >= 15 is 0 Å². The Morgan fingerprint density at radius 3 is 2.93 bits per heavy atom. The lowest BCUT2D eigenvalue weighted by molar-refractivity contribution is 0.268. The van der Waals surface area contributed by atoms with E-state index in [2.05, 4.69) is 21.2 Å². The van der Waals surface area contributed by atoms with E-state index in [4.69, 9.17) is 5.11 Å². The summed E-state index contributed by atoms with van der Waals surface area (Å²) in [7, 11) is 0. The van der Waals surface area contributed by atoms with Crippen molar-refractivity contribution in [3.05, 3.63) is 34.1 Å². The smallest absolute Gasteiger partial charge is 0.137 e. The molecule has 2 N–H and O–H groups in total. The van der Waals surface area contributed by atoms with E-state index in [-0.39, 0.29) is 18.5 Å². The first-order valence-corrected chi connectivity index (χ1v) is 5.71. The van der Waals surface area contributed by atoms with E-state index in [1.807, 2.05) is 13.0 Å². The van der Waals surface area contributed by atoms with Gasteiger partial charge in [-0.1, -0.05) is 12.1 Å². The van der Waals surface area contributed by atoms with Crippen LogP contribution in [0.1, 0.15) is 18.9 Å². The molecule has 1 rings (SSSR count). The van der Waals surface area contributed by atoms with Crippen molar-refractivity contribution in [1.29, 1.82) is 0 Å². The normalized spacial score (nSPS) is 12.8. The molecule has 0 saturated heterocycles. The van der Waals surface area contributed by atoms with Gasteiger partial charge in [0.15, 0.2) is 0 Å². The molecule has 1 unspecified atom stereocenters. The predicted molar refractivity (Wildman–Crippen MR) is 62.1 cm³/mol. The third-order valence-electron chi connectivity index (χ3n) is 2.23. The molecule has 1 aromatic rings. The average molecular weight is 276 g/mol. The molecule has 0 spiro atoms. The number of hydrogen-bond acceptors (Lipinski definition) is 2. The Labute approximate surface area is 97.6 Å². The van der Waals surface area contributed by atoms with Gasteiger partial charge in [-0.2, -0.15) is 0 Å². The molecule has 1 atom stereocenters. The van der Waals surface area contributed by atoms with Gasteiger partial charge < -0.3 is 10.4 Å². The topological polar surface area (TPSA) is 32.3 Å². The minimum Gasteiger partial charge on any atom is -0.396 e. The fraction of sp³-hybridized carbons (Fsp3) is 0.455. The van der Waals surface area contributed by atoms with Crippen LogP contribution in [-0.2, 0) is 6.54 Å². The Morgan fingerprint density at radius 1 is 1.53 bits per heavy atom. The van der Waals surface area contributed by atoms with Crippen LogP contribution in [0.3, 0.4) is 0 Å². The number of aliphatic hydroxyl groups is 1. The first kappa shape index (κ1) is 12.6. The number of hydrogen-bond donors (Lipinski definition) is 2. The van der Waals surface area contributed by atoms with E-state index in [1.54, 1.807) is 6.07 Å². The van der Waals surface area contributed by atoms with Crippen molar-refractivity contribution in [2.75, 3.05) is 6.61 Å². The molecular weight excluding hydrogens is 261 g/mol. The van der Waals surface area contributed by atoms with Gasteiger partial charge in [-0.15, -0.1) is 0 Å². The summed E-state index contributed by atoms with van der Waals surface area (Å²) in [6, 6.07) is 5.20. The number of benzene rings is 1. The van der Waals surface area contributed by atoms with Crippen molar-refractivity contribution in [2.24, 2.45) is 0 Å². The highest BCUT2D eigenvalue weighted by Gasteiger charge is 2.06. The second-order valence-electron chi connectivity index (χ2n) is 3.51. The highest BCUT2D eigenvalue weighted by Crippen LogP contribution is 2.20. The third kappa shape index (κ3) is 3.89. The minimum absolute atomic E-state index is 0.165. The molecule has 0 aliphatic rings. The van der Waals surface area contributed by atoms with Gasteiger partial charge in [-0.3, -0.25) is 0 Å². The largest absolute Gasteiger partial charge is 0.396 e. The summed E-state index contributed by atoms with van der Waals surface area (Å²) in [5.74, 6) is -0.246. The van der Waals surface area contributed by atoms with Crippen molar-refractivity contribution in [3.8, 4) is 0 Å². The lowest BCUT2D eigenvalue weighted by Crippen LogP contribution is -2.26. The van der Waals surface area contributed by atoms with Crippen LogP contribution in [0.2, 0.25) is 0 Å². The van der Waals surface area contributed by atoms with Crippen LogP contribution in [0, 0.1) is 5.82 Å². The van der Waals surface area contributed by atoms with Gasteiger partial charge >= 0.3 is 0 Å². The summed E-state index contributed by atoms with van der Waals surface area (Å²) >= 11 is 3.20. The first-order chi connectivity index (χ1) is 7.15. The molecule has 1 aromatic carbocycles. The van der Waals surface area contributed by atoms with E-state index in [1.165, 1.54) is 6.07 Å². The molecule has 84 valence electrons. The summed E-state index contributed by atoms with van der Waals surface area (Å²) in [6.07, 6.45) is 0.701. The van der Waals surface area contributed by atoms with Gasteiger partial charge in [-0.05, 0) is 40.9 Å². The minimum atomic E-state index is -0.246. The molecule has 0 heterocycles. The quantitative estimate of drug-likeness (QED) is 0.865. The van der Waals surface area contributed by atoms with Crippen LogP contribution < -0.4 is 5.32 Å². The number of rotatable bonds is 5. The van der Waals surface area contributed by atoms with Gasteiger partial charge in [0.1, 0.15) is 5.82 Å². The number of nitrogens with one attached hydrogen (secondary N) is 1. The Morgan fingerprint density at radius 2 is 2.27 bits per heavy atom. The second kappa shape index (κ2) is 6.20. The molecule has 0 aliphatic carbocycles. The van der Waals surface area contributed by atoms with Gasteiger partial charge in [0.25, 0.3) is 0 Å². The SMILES string of the molecule is CC(CCO)NCc1cccc(F)c1Br. The number of halogens is 2. The predicted octanol–water partition coefficient (Wildman–Crippen LogP) is 2.45. The maximum atomic E-state index is 13.1. The molecule has 0 aliphatic heterocycles. The zero-order valence-corrected chi connectivity index (χ0v) is 10.2. The van der Waals surface area contributed by atoms with Gasteiger partial charge in [0.05, 0.1) is 4.47 Å². The van der Waals surface area contributed by atoms with Crippen LogP contribution in [0.5, 0.6) is 0 Å². The monoisotopic (exact) mass is 275 g/mol. The van der Waals surface area contributed by atoms with Crippen molar-refractivity contribution in [2.45, 2.75) is 25.9 Å². The summed E-state index contributed by atoms with van der Waals surface area (Å²) in [5, 5.41) is 11.9. The molecule has 0 radical (unpaired) electrons. The maximum absolute atomic E-state index is 13.1. The van der Waals surface area contributed by atoms with Gasteiger partial charge in [-0.25, -0.2) is 4.39 Å². The van der Waals surface area contributed by atoms with Crippen LogP contribution in [-0.4, -0.2) is 17.8 Å². The van der Waals surface area contributed by atoms with Gasteiger partial charge in [0.2, 0.25) is 0 Å². The van der Waals surface area contributed by atoms with E-state index in [0.29, 0.717) is 17.4 Å². The lowest BCUT2D eigenvalue weighted by Gasteiger charge is -2.13. The van der Waals surface area contributed by atoms with Crippen LogP contribution in [0.4, 0.5) is 4.39 Å². The Kier molecular flexibility index (Phi) is 5.22. The average Bonchev–Trinajstić information content (AvgIpc) is 2.21. The fourth-order valence-electron chi connectivity index (χ4n) is 1.26. The molecule has 0 fully saturated rings. The van der Waals surface area contributed by atoms with E-state index in [0.717, 1.165) is 5.56 Å². The summed E-state index contributed by atoms with van der Waals surface area (Å²) < 4.78 is 13.6. The van der Waals surface area contributed by atoms with Gasteiger partial charge in [0, 0.05) is 19.2 Å². The second-order valence-corrected chi connectivity index (χ2v) is 4.30. The van der Waals surface area contributed by atoms with E-state index < -0.39 is 0 Å². The third-order valence-corrected chi connectivity index (χ3v) is 3.12. The summed E-state index contributed by atoms with van der Waals surface area (Å²) in [4.78, 5) is 0.